The van der Waals surface area contributed by atoms with Crippen LogP contribution in [0.1, 0.15) is 42.1 Å². The molecule has 0 spiro atoms. The first-order valence-corrected chi connectivity index (χ1v) is 10.3. The van der Waals surface area contributed by atoms with Gasteiger partial charge >= 0.3 is 0 Å². The van der Waals surface area contributed by atoms with Gasteiger partial charge in [0.1, 0.15) is 5.75 Å². The Labute approximate surface area is 171 Å². The Balaban J connectivity index is 1.31. The van der Waals surface area contributed by atoms with Gasteiger partial charge in [-0.05, 0) is 57.0 Å². The van der Waals surface area contributed by atoms with E-state index in [1.165, 1.54) is 19.4 Å². The summed E-state index contributed by atoms with van der Waals surface area (Å²) in [5.74, 6) is 0.833. The predicted molar refractivity (Wildman–Crippen MR) is 114 cm³/mol. The van der Waals surface area contributed by atoms with Crippen LogP contribution in [0.3, 0.4) is 0 Å². The van der Waals surface area contributed by atoms with Crippen LogP contribution in [-0.4, -0.2) is 46.2 Å². The van der Waals surface area contributed by atoms with Gasteiger partial charge in [0.25, 0.3) is 0 Å². The molecular formula is C24H27N3O2. The Kier molecular flexibility index (Phi) is 6.06. The number of nitrogens with zero attached hydrogens (tertiary/aromatic N) is 3. The maximum absolute atomic E-state index is 12.5. The fraction of sp³-hybridized carbons (Fsp3) is 0.333. The van der Waals surface area contributed by atoms with E-state index in [0.29, 0.717) is 17.2 Å². The van der Waals surface area contributed by atoms with E-state index in [1.807, 2.05) is 54.6 Å². The molecule has 150 valence electrons. The predicted octanol–water partition coefficient (Wildman–Crippen LogP) is 4.36. The van der Waals surface area contributed by atoms with E-state index in [1.54, 1.807) is 17.1 Å². The maximum Gasteiger partial charge on any atom is 0.196 e. The summed E-state index contributed by atoms with van der Waals surface area (Å²) in [5.41, 5.74) is 2.14. The fourth-order valence-corrected chi connectivity index (χ4v) is 3.82. The number of carbonyl (C=O) groups is 1. The largest absolute Gasteiger partial charge is 0.494 e. The molecule has 0 aliphatic carbocycles. The summed E-state index contributed by atoms with van der Waals surface area (Å²) in [6.45, 7) is 5.35. The minimum atomic E-state index is -0.0240. The molecule has 0 unspecified atom stereocenters. The van der Waals surface area contributed by atoms with E-state index in [-0.39, 0.29) is 5.78 Å². The van der Waals surface area contributed by atoms with Gasteiger partial charge in [-0.2, -0.15) is 5.10 Å². The molecular weight excluding hydrogens is 362 g/mol. The van der Waals surface area contributed by atoms with Crippen molar-refractivity contribution in [1.82, 2.24) is 14.7 Å². The molecule has 0 amide bonds. The number of hydrogen-bond acceptors (Lipinski definition) is 4. The molecule has 5 heteroatoms. The summed E-state index contributed by atoms with van der Waals surface area (Å²) in [5, 5.41) is 4.34. The van der Waals surface area contributed by atoms with Gasteiger partial charge in [0.05, 0.1) is 24.1 Å². The summed E-state index contributed by atoms with van der Waals surface area (Å²) in [7, 11) is 0. The van der Waals surface area contributed by atoms with Crippen molar-refractivity contribution in [3.8, 4) is 11.4 Å². The van der Waals surface area contributed by atoms with E-state index < -0.39 is 0 Å². The van der Waals surface area contributed by atoms with Crippen molar-refractivity contribution in [3.05, 3.63) is 78.1 Å². The lowest BCUT2D eigenvalue weighted by molar-refractivity contribution is 0.103. The number of ether oxygens (including phenoxy) is 1. The number of rotatable bonds is 8. The first-order chi connectivity index (χ1) is 14.2. The number of ketones is 1. The molecule has 1 fully saturated rings. The average Bonchev–Trinajstić information content (AvgIpc) is 3.41. The Morgan fingerprint density at radius 2 is 1.90 bits per heavy atom. The molecule has 3 aromatic rings. The lowest BCUT2D eigenvalue weighted by atomic mass is 10.1. The number of hydrogen-bond donors (Lipinski definition) is 0. The number of carbonyl (C=O) groups excluding carboxylic acids is 1. The van der Waals surface area contributed by atoms with Crippen molar-refractivity contribution >= 4 is 5.78 Å². The molecule has 29 heavy (non-hydrogen) atoms. The summed E-state index contributed by atoms with van der Waals surface area (Å²) >= 11 is 0. The zero-order chi connectivity index (χ0) is 20.1. The van der Waals surface area contributed by atoms with Gasteiger partial charge in [0.15, 0.2) is 5.78 Å². The third-order valence-corrected chi connectivity index (χ3v) is 5.53. The highest BCUT2D eigenvalue weighted by Gasteiger charge is 2.19. The van der Waals surface area contributed by atoms with Crippen LogP contribution in [0, 0.1) is 0 Å². The highest BCUT2D eigenvalue weighted by atomic mass is 16.5. The monoisotopic (exact) mass is 389 g/mol. The fourth-order valence-electron chi connectivity index (χ4n) is 3.82. The van der Waals surface area contributed by atoms with E-state index >= 15 is 0 Å². The van der Waals surface area contributed by atoms with Gasteiger partial charge in [-0.15, -0.1) is 0 Å². The Morgan fingerprint density at radius 3 is 2.62 bits per heavy atom. The van der Waals surface area contributed by atoms with Gasteiger partial charge in [-0.25, -0.2) is 4.68 Å². The lowest BCUT2D eigenvalue weighted by Crippen LogP contribution is -2.28. The molecule has 0 radical (unpaired) electrons. The van der Waals surface area contributed by atoms with E-state index in [0.717, 1.165) is 31.0 Å². The summed E-state index contributed by atoms with van der Waals surface area (Å²) in [6, 6.07) is 17.8. The number of aromatic nitrogens is 2. The van der Waals surface area contributed by atoms with Crippen molar-refractivity contribution in [1.29, 1.82) is 0 Å². The first-order valence-electron chi connectivity index (χ1n) is 10.3. The Bertz CT molecular complexity index is 934. The van der Waals surface area contributed by atoms with Crippen LogP contribution in [-0.2, 0) is 0 Å². The second kappa shape index (κ2) is 9.05. The molecule has 1 saturated heterocycles. The average molecular weight is 389 g/mol. The molecule has 0 bridgehead atoms. The van der Waals surface area contributed by atoms with Crippen LogP contribution in [0.2, 0.25) is 0 Å². The van der Waals surface area contributed by atoms with Gasteiger partial charge < -0.3 is 9.64 Å². The maximum atomic E-state index is 12.5. The standard InChI is InChI=1S/C24H27N3O2/c1-19-7-5-14-26(19)15-6-16-29-23-12-10-22(11-13-23)27-18-21(17-25-27)24(28)20-8-3-2-4-9-20/h2-4,8-13,17-19H,5-7,14-16H2,1H3/t19-/m1/s1. The van der Waals surface area contributed by atoms with Gasteiger partial charge in [0.2, 0.25) is 0 Å². The summed E-state index contributed by atoms with van der Waals surface area (Å²) < 4.78 is 7.60. The Hall–Kier alpha value is -2.92. The van der Waals surface area contributed by atoms with Gasteiger partial charge in [-0.1, -0.05) is 30.3 Å². The molecule has 0 saturated carbocycles. The van der Waals surface area contributed by atoms with E-state index in [2.05, 4.69) is 16.9 Å². The summed E-state index contributed by atoms with van der Waals surface area (Å²) in [6.07, 6.45) is 7.04. The number of likely N-dealkylation sites (tertiary alicyclic amines) is 1. The first kappa shape index (κ1) is 19.4. The SMILES string of the molecule is C[C@@H]1CCCN1CCCOc1ccc(-n2cc(C(=O)c3ccccc3)cn2)cc1. The van der Waals surface area contributed by atoms with Crippen molar-refractivity contribution in [3.63, 3.8) is 0 Å². The van der Waals surface area contributed by atoms with Crippen LogP contribution in [0.4, 0.5) is 0 Å². The number of benzene rings is 2. The van der Waals surface area contributed by atoms with Crippen molar-refractivity contribution in [2.45, 2.75) is 32.2 Å². The Morgan fingerprint density at radius 1 is 1.10 bits per heavy atom. The van der Waals surface area contributed by atoms with Crippen LogP contribution < -0.4 is 4.74 Å². The molecule has 1 atom stereocenters. The topological polar surface area (TPSA) is 47.4 Å². The molecule has 2 heterocycles. The molecule has 0 N–H and O–H groups in total. The third-order valence-electron chi connectivity index (χ3n) is 5.53. The second-order valence-corrected chi connectivity index (χ2v) is 7.59. The minimum Gasteiger partial charge on any atom is -0.494 e. The molecule has 2 aromatic carbocycles. The van der Waals surface area contributed by atoms with Crippen LogP contribution >= 0.6 is 0 Å². The zero-order valence-corrected chi connectivity index (χ0v) is 16.8. The van der Waals surface area contributed by atoms with Gasteiger partial charge in [-0.3, -0.25) is 4.79 Å². The normalized spacial score (nSPS) is 16.8. The minimum absolute atomic E-state index is 0.0240. The quantitative estimate of drug-likeness (QED) is 0.424. The zero-order valence-electron chi connectivity index (χ0n) is 16.8. The van der Waals surface area contributed by atoms with Crippen molar-refractivity contribution in [2.24, 2.45) is 0 Å². The third kappa shape index (κ3) is 4.74. The van der Waals surface area contributed by atoms with Crippen molar-refractivity contribution in [2.75, 3.05) is 19.7 Å². The highest BCUT2D eigenvalue weighted by molar-refractivity contribution is 6.08. The van der Waals surface area contributed by atoms with Crippen molar-refractivity contribution < 1.29 is 9.53 Å². The van der Waals surface area contributed by atoms with E-state index in [4.69, 9.17) is 4.74 Å². The van der Waals surface area contributed by atoms with Crippen LogP contribution in [0.15, 0.2) is 67.0 Å². The van der Waals surface area contributed by atoms with E-state index in [9.17, 15) is 4.79 Å². The molecule has 5 nitrogen and oxygen atoms in total. The van der Waals surface area contributed by atoms with Crippen LogP contribution in [0.25, 0.3) is 5.69 Å². The lowest BCUT2D eigenvalue weighted by Gasteiger charge is -2.20. The smallest absolute Gasteiger partial charge is 0.196 e. The van der Waals surface area contributed by atoms with Gasteiger partial charge in [0, 0.05) is 24.3 Å². The highest BCUT2D eigenvalue weighted by Crippen LogP contribution is 2.18. The van der Waals surface area contributed by atoms with Crippen LogP contribution in [0.5, 0.6) is 5.75 Å². The molecule has 1 aromatic heterocycles. The molecule has 4 rings (SSSR count). The summed E-state index contributed by atoms with van der Waals surface area (Å²) in [4.78, 5) is 15.1. The second-order valence-electron chi connectivity index (χ2n) is 7.59. The molecule has 1 aliphatic rings. The molecule has 1 aliphatic heterocycles.